The number of ether oxygens (including phenoxy) is 2. The minimum atomic E-state index is 0.255. The monoisotopic (exact) mass is 286 g/mol. The van der Waals surface area contributed by atoms with Gasteiger partial charge in [0.15, 0.2) is 5.65 Å². The first-order chi connectivity index (χ1) is 10.4. The summed E-state index contributed by atoms with van der Waals surface area (Å²) in [4.78, 5) is 8.26. The lowest BCUT2D eigenvalue weighted by Gasteiger charge is -2.09. The molecule has 108 valence electrons. The van der Waals surface area contributed by atoms with Gasteiger partial charge in [-0.05, 0) is 12.1 Å². The molecule has 2 aromatic heterocycles. The largest absolute Gasteiger partial charge is 0.490 e. The standard InChI is InChI=1S/C13H14N6O2/c14-18-13-16-11-10(8-15-19-11)12(17-13)21-7-6-20-9-4-2-1-3-5-9/h1-5,8H,6-7,14H2,(H2,15,16,17,18,19). The average molecular weight is 286 g/mol. The third kappa shape index (κ3) is 3.00. The summed E-state index contributed by atoms with van der Waals surface area (Å²) in [6.45, 7) is 0.745. The van der Waals surface area contributed by atoms with Crippen LogP contribution < -0.4 is 20.7 Å². The van der Waals surface area contributed by atoms with Crippen LogP contribution in [0.4, 0.5) is 5.95 Å². The van der Waals surface area contributed by atoms with Crippen LogP contribution in [0.1, 0.15) is 0 Å². The van der Waals surface area contributed by atoms with Crippen molar-refractivity contribution in [1.29, 1.82) is 0 Å². The molecule has 0 aliphatic carbocycles. The third-order valence-corrected chi connectivity index (χ3v) is 2.74. The molecule has 0 bridgehead atoms. The first-order valence-corrected chi connectivity index (χ1v) is 6.35. The van der Waals surface area contributed by atoms with E-state index in [0.29, 0.717) is 30.1 Å². The van der Waals surface area contributed by atoms with Gasteiger partial charge >= 0.3 is 0 Å². The molecule has 3 rings (SSSR count). The summed E-state index contributed by atoms with van der Waals surface area (Å²) in [5.41, 5.74) is 2.94. The molecule has 0 unspecified atom stereocenters. The van der Waals surface area contributed by atoms with Crippen LogP contribution in [0.25, 0.3) is 11.0 Å². The molecule has 0 saturated carbocycles. The molecule has 0 fully saturated rings. The number of hydrogen-bond donors (Lipinski definition) is 3. The number of rotatable bonds is 6. The number of aromatic nitrogens is 4. The topological polar surface area (TPSA) is 111 Å². The summed E-state index contributed by atoms with van der Waals surface area (Å²) in [5.74, 6) is 6.77. The Morgan fingerprint density at radius 3 is 2.71 bits per heavy atom. The van der Waals surface area contributed by atoms with E-state index in [0.717, 1.165) is 5.75 Å². The number of hydrazine groups is 1. The number of benzene rings is 1. The van der Waals surface area contributed by atoms with E-state index in [1.807, 2.05) is 30.3 Å². The smallest absolute Gasteiger partial charge is 0.242 e. The van der Waals surface area contributed by atoms with Gasteiger partial charge in [-0.25, -0.2) is 5.84 Å². The number of hydrogen-bond acceptors (Lipinski definition) is 7. The number of nitrogen functional groups attached to an aromatic ring is 1. The SMILES string of the molecule is NNc1nc(OCCOc2ccccc2)c2cn[nH]c2n1. The normalized spacial score (nSPS) is 10.5. The van der Waals surface area contributed by atoms with E-state index in [4.69, 9.17) is 15.3 Å². The molecule has 21 heavy (non-hydrogen) atoms. The number of H-pyrrole nitrogens is 1. The zero-order valence-electron chi connectivity index (χ0n) is 11.1. The van der Waals surface area contributed by atoms with Crippen molar-refractivity contribution in [2.45, 2.75) is 0 Å². The summed E-state index contributed by atoms with van der Waals surface area (Å²) in [7, 11) is 0. The van der Waals surface area contributed by atoms with Gasteiger partial charge in [-0.2, -0.15) is 15.1 Å². The molecule has 8 heteroatoms. The van der Waals surface area contributed by atoms with Gasteiger partial charge in [0, 0.05) is 0 Å². The molecule has 8 nitrogen and oxygen atoms in total. The quantitative estimate of drug-likeness (QED) is 0.353. The number of nitrogens with two attached hydrogens (primary N) is 1. The Hall–Kier alpha value is -2.87. The predicted molar refractivity (Wildman–Crippen MR) is 76.9 cm³/mol. The lowest BCUT2D eigenvalue weighted by atomic mass is 10.3. The zero-order valence-corrected chi connectivity index (χ0v) is 11.1. The number of nitrogens with one attached hydrogen (secondary N) is 2. The van der Waals surface area contributed by atoms with Crippen LogP contribution in [0.2, 0.25) is 0 Å². The minimum Gasteiger partial charge on any atom is -0.490 e. The Labute approximate surface area is 120 Å². The van der Waals surface area contributed by atoms with Crippen LogP contribution in [0, 0.1) is 0 Å². The Bertz CT molecular complexity index is 715. The van der Waals surface area contributed by atoms with E-state index in [-0.39, 0.29) is 5.95 Å². The summed E-state index contributed by atoms with van der Waals surface area (Å²) in [5, 5.41) is 7.34. The Morgan fingerprint density at radius 2 is 1.90 bits per heavy atom. The molecular formula is C13H14N6O2. The molecule has 4 N–H and O–H groups in total. The highest BCUT2D eigenvalue weighted by atomic mass is 16.5. The summed E-state index contributed by atoms with van der Waals surface area (Å²) < 4.78 is 11.2. The maximum atomic E-state index is 5.61. The number of fused-ring (bicyclic) bond motifs is 1. The summed E-state index contributed by atoms with van der Waals surface area (Å²) in [6.07, 6.45) is 1.60. The number of para-hydroxylation sites is 1. The van der Waals surface area contributed by atoms with Gasteiger partial charge in [-0.15, -0.1) is 0 Å². The van der Waals surface area contributed by atoms with Crippen LogP contribution in [0.3, 0.4) is 0 Å². The molecule has 0 aliphatic heterocycles. The van der Waals surface area contributed by atoms with Crippen molar-refractivity contribution in [3.8, 4) is 11.6 Å². The molecule has 1 aromatic carbocycles. The van der Waals surface area contributed by atoms with Crippen molar-refractivity contribution in [1.82, 2.24) is 20.2 Å². The highest BCUT2D eigenvalue weighted by molar-refractivity contribution is 5.80. The van der Waals surface area contributed by atoms with Gasteiger partial charge < -0.3 is 9.47 Å². The van der Waals surface area contributed by atoms with Gasteiger partial charge in [0.2, 0.25) is 11.8 Å². The molecule has 3 aromatic rings. The van der Waals surface area contributed by atoms with Gasteiger partial charge in [0.1, 0.15) is 24.3 Å². The van der Waals surface area contributed by atoms with Crippen molar-refractivity contribution in [3.05, 3.63) is 36.5 Å². The van der Waals surface area contributed by atoms with Gasteiger partial charge in [0.25, 0.3) is 0 Å². The van der Waals surface area contributed by atoms with E-state index in [1.54, 1.807) is 6.20 Å². The number of anilines is 1. The van der Waals surface area contributed by atoms with E-state index in [1.165, 1.54) is 0 Å². The first-order valence-electron chi connectivity index (χ1n) is 6.35. The highest BCUT2D eigenvalue weighted by Crippen LogP contribution is 2.21. The van der Waals surface area contributed by atoms with Crippen molar-refractivity contribution in [2.24, 2.45) is 5.84 Å². The van der Waals surface area contributed by atoms with Gasteiger partial charge in [-0.1, -0.05) is 18.2 Å². The fourth-order valence-electron chi connectivity index (χ4n) is 1.80. The fraction of sp³-hybridized carbons (Fsp3) is 0.154. The average Bonchev–Trinajstić information content (AvgIpc) is 3.00. The van der Waals surface area contributed by atoms with Crippen LogP contribution >= 0.6 is 0 Å². The maximum Gasteiger partial charge on any atom is 0.242 e. The van der Waals surface area contributed by atoms with Gasteiger partial charge in [0.05, 0.1) is 6.20 Å². The molecule has 0 radical (unpaired) electrons. The molecule has 0 saturated heterocycles. The zero-order chi connectivity index (χ0) is 14.5. The highest BCUT2D eigenvalue weighted by Gasteiger charge is 2.10. The maximum absolute atomic E-state index is 5.61. The molecule has 0 atom stereocenters. The number of aromatic amines is 1. The van der Waals surface area contributed by atoms with E-state index < -0.39 is 0 Å². The lowest BCUT2D eigenvalue weighted by Crippen LogP contribution is -2.13. The molecule has 0 spiro atoms. The molecular weight excluding hydrogens is 272 g/mol. The first kappa shape index (κ1) is 13.1. The van der Waals surface area contributed by atoms with E-state index >= 15 is 0 Å². The Balaban J connectivity index is 1.63. The van der Waals surface area contributed by atoms with Crippen molar-refractivity contribution in [2.75, 3.05) is 18.6 Å². The number of nitrogens with zero attached hydrogens (tertiary/aromatic N) is 3. The van der Waals surface area contributed by atoms with Crippen LogP contribution in [0.5, 0.6) is 11.6 Å². The second-order valence-corrected chi connectivity index (χ2v) is 4.14. The van der Waals surface area contributed by atoms with Gasteiger partial charge in [-0.3, -0.25) is 10.5 Å². The molecule has 0 aliphatic rings. The van der Waals surface area contributed by atoms with Crippen LogP contribution in [-0.2, 0) is 0 Å². The fourth-order valence-corrected chi connectivity index (χ4v) is 1.80. The Morgan fingerprint density at radius 1 is 1.10 bits per heavy atom. The summed E-state index contributed by atoms with van der Waals surface area (Å²) in [6, 6.07) is 9.52. The van der Waals surface area contributed by atoms with Crippen molar-refractivity contribution in [3.63, 3.8) is 0 Å². The van der Waals surface area contributed by atoms with Crippen molar-refractivity contribution >= 4 is 17.0 Å². The van der Waals surface area contributed by atoms with Crippen LogP contribution in [-0.4, -0.2) is 33.4 Å². The van der Waals surface area contributed by atoms with Crippen LogP contribution in [0.15, 0.2) is 36.5 Å². The predicted octanol–water partition coefficient (Wildman–Crippen LogP) is 1.10. The molecule has 2 heterocycles. The Kier molecular flexibility index (Phi) is 3.79. The van der Waals surface area contributed by atoms with E-state index in [9.17, 15) is 0 Å². The second kappa shape index (κ2) is 6.06. The summed E-state index contributed by atoms with van der Waals surface area (Å²) >= 11 is 0. The lowest BCUT2D eigenvalue weighted by molar-refractivity contribution is 0.214. The van der Waals surface area contributed by atoms with Crippen molar-refractivity contribution < 1.29 is 9.47 Å². The third-order valence-electron chi connectivity index (χ3n) is 2.74. The minimum absolute atomic E-state index is 0.255. The van der Waals surface area contributed by atoms with E-state index in [2.05, 4.69) is 25.6 Å². The second-order valence-electron chi connectivity index (χ2n) is 4.14. The molecule has 0 amide bonds.